The topological polar surface area (TPSA) is 70.5 Å². The van der Waals surface area contributed by atoms with Crippen LogP contribution in [0.1, 0.15) is 19.8 Å². The molecule has 7 heteroatoms. The van der Waals surface area contributed by atoms with Gasteiger partial charge in [0, 0.05) is 25.0 Å². The molecule has 0 spiro atoms. The Kier molecular flexibility index (Phi) is 4.01. The second-order valence-electron chi connectivity index (χ2n) is 5.23. The van der Waals surface area contributed by atoms with Gasteiger partial charge in [0.1, 0.15) is 5.75 Å². The van der Waals surface area contributed by atoms with Crippen LogP contribution in [0.2, 0.25) is 0 Å². The molecule has 0 saturated carbocycles. The molecule has 2 aromatic heterocycles. The fourth-order valence-corrected chi connectivity index (χ4v) is 2.43. The maximum atomic E-state index is 12.7. The van der Waals surface area contributed by atoms with Gasteiger partial charge in [-0.25, -0.2) is 13.9 Å². The molecular formula is C16H18N4O3. The highest BCUT2D eigenvalue weighted by atomic mass is 16.5. The average molecular weight is 314 g/mol. The number of ether oxygens (including phenoxy) is 1. The van der Waals surface area contributed by atoms with Gasteiger partial charge in [0.25, 0.3) is 0 Å². The van der Waals surface area contributed by atoms with E-state index in [-0.39, 0.29) is 16.9 Å². The van der Waals surface area contributed by atoms with Gasteiger partial charge in [-0.05, 0) is 18.6 Å². The normalized spacial score (nSPS) is 11.0. The zero-order chi connectivity index (χ0) is 16.4. The molecule has 0 amide bonds. The fraction of sp³-hybridized carbons (Fsp3) is 0.312. The van der Waals surface area contributed by atoms with Gasteiger partial charge in [0.2, 0.25) is 5.65 Å². The summed E-state index contributed by atoms with van der Waals surface area (Å²) in [6.07, 6.45) is 4.92. The highest BCUT2D eigenvalue weighted by Gasteiger charge is 2.12. The van der Waals surface area contributed by atoms with Gasteiger partial charge < -0.3 is 4.74 Å². The highest BCUT2D eigenvalue weighted by molar-refractivity contribution is 5.43. The van der Waals surface area contributed by atoms with Gasteiger partial charge in [-0.3, -0.25) is 9.36 Å². The van der Waals surface area contributed by atoms with E-state index in [2.05, 4.69) is 5.10 Å². The Morgan fingerprint density at radius 1 is 1.22 bits per heavy atom. The van der Waals surface area contributed by atoms with E-state index in [0.29, 0.717) is 18.0 Å². The number of aryl methyl sites for hydroxylation is 1. The van der Waals surface area contributed by atoms with Crippen LogP contribution in [-0.2, 0) is 6.54 Å². The third-order valence-electron chi connectivity index (χ3n) is 3.70. The molecule has 0 N–H and O–H groups in total. The lowest BCUT2D eigenvalue weighted by molar-refractivity contribution is 0.414. The van der Waals surface area contributed by atoms with Gasteiger partial charge >= 0.3 is 11.2 Å². The second-order valence-corrected chi connectivity index (χ2v) is 5.23. The van der Waals surface area contributed by atoms with Crippen LogP contribution in [0.15, 0.2) is 46.2 Å². The summed E-state index contributed by atoms with van der Waals surface area (Å²) in [5, 5.41) is 4.18. The molecule has 0 bridgehead atoms. The largest absolute Gasteiger partial charge is 0.497 e. The maximum absolute atomic E-state index is 12.7. The number of aromatic nitrogens is 4. The van der Waals surface area contributed by atoms with Crippen molar-refractivity contribution in [3.63, 3.8) is 0 Å². The minimum absolute atomic E-state index is 0.122. The second kappa shape index (κ2) is 6.12. The highest BCUT2D eigenvalue weighted by Crippen LogP contribution is 2.14. The number of nitrogens with zero attached hydrogens (tertiary/aromatic N) is 4. The Labute approximate surface area is 132 Å². The Morgan fingerprint density at radius 2 is 2.04 bits per heavy atom. The first-order chi connectivity index (χ1) is 11.2. The van der Waals surface area contributed by atoms with E-state index in [1.165, 1.54) is 13.6 Å². The smallest absolute Gasteiger partial charge is 0.350 e. The first kappa shape index (κ1) is 15.1. The minimum atomic E-state index is -0.340. The van der Waals surface area contributed by atoms with Crippen molar-refractivity contribution < 1.29 is 4.74 Å². The van der Waals surface area contributed by atoms with Gasteiger partial charge in [-0.2, -0.15) is 0 Å². The Balaban J connectivity index is 2.15. The zero-order valence-corrected chi connectivity index (χ0v) is 13.1. The van der Waals surface area contributed by atoms with Crippen LogP contribution in [-0.4, -0.2) is 25.9 Å². The Bertz CT molecular complexity index is 952. The minimum Gasteiger partial charge on any atom is -0.497 e. The fourth-order valence-electron chi connectivity index (χ4n) is 2.43. The van der Waals surface area contributed by atoms with E-state index < -0.39 is 0 Å². The van der Waals surface area contributed by atoms with Crippen LogP contribution in [0.4, 0.5) is 0 Å². The molecule has 0 atom stereocenters. The van der Waals surface area contributed by atoms with Crippen molar-refractivity contribution in [1.82, 2.24) is 18.7 Å². The average Bonchev–Trinajstić information content (AvgIpc) is 2.90. The SMILES string of the molecule is CCCCn1nc2c(=O)n(-c3cccc(OC)c3)ccn2c1=O. The summed E-state index contributed by atoms with van der Waals surface area (Å²) in [6.45, 7) is 2.55. The first-order valence-electron chi connectivity index (χ1n) is 7.51. The molecule has 2 heterocycles. The molecule has 0 aliphatic heterocycles. The van der Waals surface area contributed by atoms with Crippen molar-refractivity contribution in [2.24, 2.45) is 0 Å². The predicted octanol–water partition coefficient (Wildman–Crippen LogP) is 1.46. The van der Waals surface area contributed by atoms with Crippen LogP contribution in [0.3, 0.4) is 0 Å². The van der Waals surface area contributed by atoms with Crippen LogP contribution >= 0.6 is 0 Å². The first-order valence-corrected chi connectivity index (χ1v) is 7.51. The summed E-state index contributed by atoms with van der Waals surface area (Å²) in [4.78, 5) is 24.9. The van der Waals surface area contributed by atoms with Crippen molar-refractivity contribution in [1.29, 1.82) is 0 Å². The summed E-state index contributed by atoms with van der Waals surface area (Å²) in [5.74, 6) is 0.653. The number of hydrogen-bond donors (Lipinski definition) is 0. The van der Waals surface area contributed by atoms with Crippen LogP contribution in [0.25, 0.3) is 11.3 Å². The summed E-state index contributed by atoms with van der Waals surface area (Å²) < 4.78 is 9.26. The molecule has 3 aromatic rings. The number of fused-ring (bicyclic) bond motifs is 1. The molecule has 0 aliphatic carbocycles. The Morgan fingerprint density at radius 3 is 2.78 bits per heavy atom. The number of benzene rings is 1. The summed E-state index contributed by atoms with van der Waals surface area (Å²) in [5.41, 5.74) is 0.153. The van der Waals surface area contributed by atoms with Crippen LogP contribution in [0.5, 0.6) is 5.75 Å². The maximum Gasteiger partial charge on any atom is 0.350 e. The molecule has 23 heavy (non-hydrogen) atoms. The zero-order valence-electron chi connectivity index (χ0n) is 13.1. The van der Waals surface area contributed by atoms with Crippen molar-refractivity contribution in [2.75, 3.05) is 7.11 Å². The number of unbranched alkanes of at least 4 members (excludes halogenated alkanes) is 1. The van der Waals surface area contributed by atoms with Gasteiger partial charge in [-0.15, -0.1) is 5.10 Å². The van der Waals surface area contributed by atoms with Crippen molar-refractivity contribution in [3.05, 3.63) is 57.5 Å². The summed E-state index contributed by atoms with van der Waals surface area (Å²) >= 11 is 0. The summed E-state index contributed by atoms with van der Waals surface area (Å²) in [7, 11) is 1.57. The third kappa shape index (κ3) is 2.65. The molecule has 0 unspecified atom stereocenters. The standard InChI is InChI=1S/C16H18N4O3/c1-3-4-8-20-16(22)19-10-9-18(15(21)14(19)17-20)12-6-5-7-13(11-12)23-2/h5-7,9-11H,3-4,8H2,1-2H3. The molecule has 3 rings (SSSR count). The van der Waals surface area contributed by atoms with Crippen molar-refractivity contribution >= 4 is 5.65 Å². The van der Waals surface area contributed by atoms with Gasteiger partial charge in [0.15, 0.2) is 0 Å². The summed E-state index contributed by atoms with van der Waals surface area (Å²) in [6, 6.07) is 7.16. The van der Waals surface area contributed by atoms with Crippen LogP contribution in [0, 0.1) is 0 Å². The quantitative estimate of drug-likeness (QED) is 0.715. The molecule has 0 saturated heterocycles. The van der Waals surface area contributed by atoms with E-state index in [4.69, 9.17) is 4.74 Å². The van der Waals surface area contributed by atoms with Crippen LogP contribution < -0.4 is 16.0 Å². The predicted molar refractivity (Wildman–Crippen MR) is 86.5 cm³/mol. The van der Waals surface area contributed by atoms with Crippen molar-refractivity contribution in [2.45, 2.75) is 26.3 Å². The van der Waals surface area contributed by atoms with Gasteiger partial charge in [-0.1, -0.05) is 19.4 Å². The van der Waals surface area contributed by atoms with E-state index in [1.54, 1.807) is 43.8 Å². The number of rotatable bonds is 5. The lowest BCUT2D eigenvalue weighted by Crippen LogP contribution is -2.24. The van der Waals surface area contributed by atoms with E-state index >= 15 is 0 Å². The molecule has 7 nitrogen and oxygen atoms in total. The monoisotopic (exact) mass is 314 g/mol. The van der Waals surface area contributed by atoms with Crippen molar-refractivity contribution in [3.8, 4) is 11.4 Å². The third-order valence-corrected chi connectivity index (χ3v) is 3.70. The van der Waals surface area contributed by atoms with E-state index in [0.717, 1.165) is 12.8 Å². The molecule has 0 radical (unpaired) electrons. The number of hydrogen-bond acceptors (Lipinski definition) is 4. The Hall–Kier alpha value is -2.83. The lowest BCUT2D eigenvalue weighted by Gasteiger charge is -2.07. The molecular weight excluding hydrogens is 296 g/mol. The molecule has 0 fully saturated rings. The molecule has 1 aromatic carbocycles. The van der Waals surface area contributed by atoms with E-state index in [1.807, 2.05) is 6.92 Å². The lowest BCUT2D eigenvalue weighted by atomic mass is 10.3. The van der Waals surface area contributed by atoms with E-state index in [9.17, 15) is 9.59 Å². The van der Waals surface area contributed by atoms with Gasteiger partial charge in [0.05, 0.1) is 12.8 Å². The molecule has 120 valence electrons. The molecule has 0 aliphatic rings. The number of methoxy groups -OCH3 is 1.